The van der Waals surface area contributed by atoms with E-state index in [1.165, 1.54) is 10.5 Å². The van der Waals surface area contributed by atoms with E-state index in [1.807, 2.05) is 11.8 Å². The molecule has 102 valence electrons. The molecule has 0 heterocycles. The average Bonchev–Trinajstić information content (AvgIpc) is 2.36. The molecule has 0 aliphatic heterocycles. The molecule has 2 nitrogen and oxygen atoms in total. The van der Waals surface area contributed by atoms with Crippen molar-refractivity contribution in [3.63, 3.8) is 0 Å². The molecule has 0 amide bonds. The van der Waals surface area contributed by atoms with Crippen molar-refractivity contribution in [2.24, 2.45) is 5.73 Å². The number of methoxy groups -OCH3 is 1. The van der Waals surface area contributed by atoms with Gasteiger partial charge in [-0.2, -0.15) is 0 Å². The number of rotatable bonds is 8. The van der Waals surface area contributed by atoms with Crippen LogP contribution in [0, 0.1) is 0 Å². The first-order valence-corrected chi connectivity index (χ1v) is 8.11. The third kappa shape index (κ3) is 5.74. The molecule has 0 aromatic heterocycles. The minimum absolute atomic E-state index is 0.248. The number of halogens is 1. The van der Waals surface area contributed by atoms with E-state index < -0.39 is 0 Å². The van der Waals surface area contributed by atoms with Crippen LogP contribution in [0.3, 0.4) is 0 Å². The summed E-state index contributed by atoms with van der Waals surface area (Å²) in [7, 11) is 1.75. The van der Waals surface area contributed by atoms with Gasteiger partial charge in [0.25, 0.3) is 0 Å². The summed E-state index contributed by atoms with van der Waals surface area (Å²) in [5, 5.41) is 0. The zero-order valence-electron chi connectivity index (χ0n) is 11.1. The molecule has 0 aliphatic carbocycles. The number of ether oxygens (including phenoxy) is 1. The molecule has 2 N–H and O–H groups in total. The van der Waals surface area contributed by atoms with Gasteiger partial charge in [0, 0.05) is 34.9 Å². The molecule has 1 rings (SSSR count). The molecule has 0 saturated carbocycles. The zero-order valence-corrected chi connectivity index (χ0v) is 13.5. The van der Waals surface area contributed by atoms with Crippen LogP contribution >= 0.6 is 27.7 Å². The summed E-state index contributed by atoms with van der Waals surface area (Å²) in [5.41, 5.74) is 7.40. The topological polar surface area (TPSA) is 35.2 Å². The SMILES string of the molecule is CCC(N)Cc1cc(Br)ccc1SCCCOC. The smallest absolute Gasteiger partial charge is 0.0470 e. The van der Waals surface area contributed by atoms with Gasteiger partial charge >= 0.3 is 0 Å². The predicted octanol–water partition coefficient (Wildman–Crippen LogP) is 3.86. The molecule has 0 aliphatic rings. The molecule has 18 heavy (non-hydrogen) atoms. The van der Waals surface area contributed by atoms with Crippen LogP contribution in [0.1, 0.15) is 25.3 Å². The second kappa shape index (κ2) is 8.97. The quantitative estimate of drug-likeness (QED) is 0.580. The second-order valence-electron chi connectivity index (χ2n) is 4.32. The maximum Gasteiger partial charge on any atom is 0.0470 e. The number of thioether (sulfide) groups is 1. The molecule has 4 heteroatoms. The fourth-order valence-corrected chi connectivity index (χ4v) is 3.04. The van der Waals surface area contributed by atoms with Gasteiger partial charge in [0.2, 0.25) is 0 Å². The van der Waals surface area contributed by atoms with Crippen molar-refractivity contribution >= 4 is 27.7 Å². The van der Waals surface area contributed by atoms with Gasteiger partial charge in [0.15, 0.2) is 0 Å². The number of hydrogen-bond donors (Lipinski definition) is 1. The van der Waals surface area contributed by atoms with E-state index in [0.717, 1.165) is 36.1 Å². The monoisotopic (exact) mass is 331 g/mol. The van der Waals surface area contributed by atoms with E-state index in [9.17, 15) is 0 Å². The van der Waals surface area contributed by atoms with Crippen molar-refractivity contribution in [2.75, 3.05) is 19.5 Å². The Bertz CT molecular complexity index is 360. The highest BCUT2D eigenvalue weighted by atomic mass is 79.9. The van der Waals surface area contributed by atoms with Gasteiger partial charge in [-0.05, 0) is 43.0 Å². The highest BCUT2D eigenvalue weighted by Gasteiger charge is 2.08. The van der Waals surface area contributed by atoms with E-state index >= 15 is 0 Å². The molecule has 0 saturated heterocycles. The summed E-state index contributed by atoms with van der Waals surface area (Å²) in [6.45, 7) is 2.96. The Morgan fingerprint density at radius 1 is 1.44 bits per heavy atom. The average molecular weight is 332 g/mol. The Morgan fingerprint density at radius 3 is 2.89 bits per heavy atom. The standard InChI is InChI=1S/C14H22BrNOS/c1-3-13(16)10-11-9-12(15)5-6-14(11)18-8-4-7-17-2/h5-6,9,13H,3-4,7-8,10,16H2,1-2H3. The van der Waals surface area contributed by atoms with Gasteiger partial charge in [-0.25, -0.2) is 0 Å². The minimum atomic E-state index is 0.248. The van der Waals surface area contributed by atoms with Crippen molar-refractivity contribution in [1.82, 2.24) is 0 Å². The van der Waals surface area contributed by atoms with E-state index in [1.54, 1.807) is 7.11 Å². The molecule has 1 atom stereocenters. The van der Waals surface area contributed by atoms with Crippen LogP contribution in [0.4, 0.5) is 0 Å². The number of hydrogen-bond acceptors (Lipinski definition) is 3. The van der Waals surface area contributed by atoms with Gasteiger partial charge in [0.1, 0.15) is 0 Å². The molecule has 1 aromatic carbocycles. The van der Waals surface area contributed by atoms with Crippen LogP contribution in [0.25, 0.3) is 0 Å². The van der Waals surface area contributed by atoms with Crippen LogP contribution < -0.4 is 5.73 Å². The van der Waals surface area contributed by atoms with Gasteiger partial charge < -0.3 is 10.5 Å². The molecule has 0 fully saturated rings. The highest BCUT2D eigenvalue weighted by Crippen LogP contribution is 2.27. The molecule has 0 radical (unpaired) electrons. The summed E-state index contributed by atoms with van der Waals surface area (Å²) >= 11 is 5.42. The van der Waals surface area contributed by atoms with Crippen molar-refractivity contribution in [2.45, 2.75) is 37.1 Å². The fraction of sp³-hybridized carbons (Fsp3) is 0.571. The van der Waals surface area contributed by atoms with Crippen molar-refractivity contribution in [3.8, 4) is 0 Å². The van der Waals surface area contributed by atoms with E-state index in [0.29, 0.717) is 0 Å². The lowest BCUT2D eigenvalue weighted by atomic mass is 10.1. The Balaban J connectivity index is 2.64. The molecular weight excluding hydrogens is 310 g/mol. The normalized spacial score (nSPS) is 12.7. The molecule has 0 bridgehead atoms. The second-order valence-corrected chi connectivity index (χ2v) is 6.37. The Kier molecular flexibility index (Phi) is 7.98. The number of benzene rings is 1. The molecule has 0 spiro atoms. The van der Waals surface area contributed by atoms with E-state index in [4.69, 9.17) is 10.5 Å². The lowest BCUT2D eigenvalue weighted by Crippen LogP contribution is -2.21. The zero-order chi connectivity index (χ0) is 13.4. The van der Waals surface area contributed by atoms with Crippen LogP contribution in [-0.4, -0.2) is 25.5 Å². The predicted molar refractivity (Wildman–Crippen MR) is 83.3 cm³/mol. The maximum absolute atomic E-state index is 6.06. The lowest BCUT2D eigenvalue weighted by molar-refractivity contribution is 0.200. The largest absolute Gasteiger partial charge is 0.385 e. The van der Waals surface area contributed by atoms with Crippen molar-refractivity contribution < 1.29 is 4.74 Å². The third-order valence-corrected chi connectivity index (χ3v) is 4.47. The first-order chi connectivity index (χ1) is 8.67. The van der Waals surface area contributed by atoms with Crippen LogP contribution in [0.5, 0.6) is 0 Å². The van der Waals surface area contributed by atoms with Crippen molar-refractivity contribution in [3.05, 3.63) is 28.2 Å². The number of nitrogens with two attached hydrogens (primary N) is 1. The summed E-state index contributed by atoms with van der Waals surface area (Å²) in [6, 6.07) is 6.71. The Labute approximate surface area is 123 Å². The Hall–Kier alpha value is -0.0300. The summed E-state index contributed by atoms with van der Waals surface area (Å²) in [4.78, 5) is 1.35. The van der Waals surface area contributed by atoms with Gasteiger partial charge in [0.05, 0.1) is 0 Å². The van der Waals surface area contributed by atoms with E-state index in [2.05, 4.69) is 41.1 Å². The molecule has 1 unspecified atom stereocenters. The summed E-state index contributed by atoms with van der Waals surface area (Å²) < 4.78 is 6.20. The van der Waals surface area contributed by atoms with Gasteiger partial charge in [-0.1, -0.05) is 22.9 Å². The van der Waals surface area contributed by atoms with Gasteiger partial charge in [-0.15, -0.1) is 11.8 Å². The van der Waals surface area contributed by atoms with E-state index in [-0.39, 0.29) is 6.04 Å². The lowest BCUT2D eigenvalue weighted by Gasteiger charge is -2.13. The third-order valence-electron chi connectivity index (χ3n) is 2.78. The highest BCUT2D eigenvalue weighted by molar-refractivity contribution is 9.10. The maximum atomic E-state index is 6.06. The van der Waals surface area contributed by atoms with Crippen molar-refractivity contribution in [1.29, 1.82) is 0 Å². The first kappa shape index (κ1) is 16.0. The summed E-state index contributed by atoms with van der Waals surface area (Å²) in [6.07, 6.45) is 3.04. The summed E-state index contributed by atoms with van der Waals surface area (Å²) in [5.74, 6) is 1.09. The van der Waals surface area contributed by atoms with Crippen LogP contribution in [0.15, 0.2) is 27.6 Å². The van der Waals surface area contributed by atoms with Gasteiger partial charge in [-0.3, -0.25) is 0 Å². The Morgan fingerprint density at radius 2 is 2.22 bits per heavy atom. The molecule has 1 aromatic rings. The molecular formula is C14H22BrNOS. The van der Waals surface area contributed by atoms with Crippen LogP contribution in [0.2, 0.25) is 0 Å². The van der Waals surface area contributed by atoms with Crippen LogP contribution in [-0.2, 0) is 11.2 Å². The minimum Gasteiger partial charge on any atom is -0.385 e. The first-order valence-electron chi connectivity index (χ1n) is 6.33. The fourth-order valence-electron chi connectivity index (χ4n) is 1.66.